The van der Waals surface area contributed by atoms with Crippen molar-refractivity contribution in [1.82, 2.24) is 14.8 Å². The highest BCUT2D eigenvalue weighted by Gasteiger charge is 2.29. The van der Waals surface area contributed by atoms with Gasteiger partial charge in [-0.05, 0) is 75.7 Å². The quantitative estimate of drug-likeness (QED) is 0.642. The summed E-state index contributed by atoms with van der Waals surface area (Å²) in [6.45, 7) is 7.06. The zero-order chi connectivity index (χ0) is 21.6. The lowest BCUT2D eigenvalue weighted by Gasteiger charge is -2.34. The molecule has 4 rings (SSSR count). The number of anilines is 1. The molecule has 1 aromatic heterocycles. The number of amides is 2. The van der Waals surface area contributed by atoms with Crippen LogP contribution in [0.1, 0.15) is 35.3 Å². The van der Waals surface area contributed by atoms with E-state index in [1.165, 1.54) is 25.9 Å². The second-order valence-corrected chi connectivity index (χ2v) is 8.15. The minimum absolute atomic E-state index is 0.0713. The van der Waals surface area contributed by atoms with E-state index in [1.54, 1.807) is 35.1 Å². The van der Waals surface area contributed by atoms with E-state index in [9.17, 15) is 9.59 Å². The van der Waals surface area contributed by atoms with Crippen molar-refractivity contribution < 1.29 is 14.3 Å². The van der Waals surface area contributed by atoms with Crippen LogP contribution in [0.3, 0.4) is 0 Å². The first kappa shape index (κ1) is 21.3. The van der Waals surface area contributed by atoms with Crippen molar-refractivity contribution in [3.05, 3.63) is 53.9 Å². The minimum atomic E-state index is -0.142. The number of likely N-dealkylation sites (tertiary alicyclic amines) is 1. The molecular formula is C24H30N4O3. The number of aryl methyl sites for hydroxylation is 1. The van der Waals surface area contributed by atoms with E-state index in [2.05, 4.69) is 9.88 Å². The predicted molar refractivity (Wildman–Crippen MR) is 119 cm³/mol. The molecule has 31 heavy (non-hydrogen) atoms. The van der Waals surface area contributed by atoms with Crippen LogP contribution in [0.25, 0.3) is 0 Å². The Morgan fingerprint density at radius 2 is 1.84 bits per heavy atom. The zero-order valence-corrected chi connectivity index (χ0v) is 18.1. The van der Waals surface area contributed by atoms with E-state index >= 15 is 0 Å². The Hall–Kier alpha value is -2.93. The predicted octanol–water partition coefficient (Wildman–Crippen LogP) is 2.74. The third-order valence-electron chi connectivity index (χ3n) is 5.98. The lowest BCUT2D eigenvalue weighted by atomic mass is 10.1. The van der Waals surface area contributed by atoms with Crippen LogP contribution in [0, 0.1) is 6.92 Å². The van der Waals surface area contributed by atoms with Gasteiger partial charge in [0.25, 0.3) is 5.91 Å². The number of aromatic nitrogens is 1. The van der Waals surface area contributed by atoms with Gasteiger partial charge in [0.15, 0.2) is 0 Å². The Kier molecular flexibility index (Phi) is 6.82. The molecule has 7 heteroatoms. The summed E-state index contributed by atoms with van der Waals surface area (Å²) in [7, 11) is 0. The molecule has 0 spiro atoms. The number of hydrogen-bond donors (Lipinski definition) is 0. The molecular weight excluding hydrogens is 392 g/mol. The molecule has 164 valence electrons. The minimum Gasteiger partial charge on any atom is -0.494 e. The summed E-state index contributed by atoms with van der Waals surface area (Å²) in [6, 6.07) is 11.1. The van der Waals surface area contributed by atoms with Crippen LogP contribution in [-0.2, 0) is 4.79 Å². The maximum atomic E-state index is 12.8. The third kappa shape index (κ3) is 5.22. The number of pyridine rings is 1. The van der Waals surface area contributed by atoms with Gasteiger partial charge in [-0.25, -0.2) is 0 Å². The number of carbonyl (C=O) groups is 2. The number of hydrogen-bond acceptors (Lipinski definition) is 5. The summed E-state index contributed by atoms with van der Waals surface area (Å²) in [5, 5.41) is 0. The van der Waals surface area contributed by atoms with E-state index in [4.69, 9.17) is 4.74 Å². The van der Waals surface area contributed by atoms with E-state index < -0.39 is 0 Å². The van der Waals surface area contributed by atoms with Gasteiger partial charge in [-0.15, -0.1) is 0 Å². The van der Waals surface area contributed by atoms with Crippen LogP contribution in [0.15, 0.2) is 42.6 Å². The molecule has 2 saturated heterocycles. The molecule has 0 atom stereocenters. The summed E-state index contributed by atoms with van der Waals surface area (Å²) in [4.78, 5) is 35.5. The van der Waals surface area contributed by atoms with Crippen molar-refractivity contribution in [3.63, 3.8) is 0 Å². The summed E-state index contributed by atoms with van der Waals surface area (Å²) in [5.74, 6) is 0.593. The number of rotatable bonds is 7. The first-order valence-electron chi connectivity index (χ1n) is 11.1. The second-order valence-electron chi connectivity index (χ2n) is 8.15. The van der Waals surface area contributed by atoms with E-state index in [0.717, 1.165) is 24.4 Å². The fourth-order valence-electron chi connectivity index (χ4n) is 4.21. The van der Waals surface area contributed by atoms with Crippen molar-refractivity contribution >= 4 is 17.5 Å². The van der Waals surface area contributed by atoms with Crippen molar-refractivity contribution in [3.8, 4) is 5.75 Å². The average Bonchev–Trinajstić information content (AvgIpc) is 3.31. The Bertz CT molecular complexity index is 909. The SMILES string of the molecule is Cc1ncccc1C(=O)N1CCN(c2ccc(OCCCN3CCCC3)cc2)C(=O)C1. The smallest absolute Gasteiger partial charge is 0.256 e. The van der Waals surface area contributed by atoms with Crippen LogP contribution in [-0.4, -0.2) is 72.5 Å². The van der Waals surface area contributed by atoms with E-state index in [-0.39, 0.29) is 18.4 Å². The van der Waals surface area contributed by atoms with Gasteiger partial charge in [0.05, 0.1) is 12.2 Å². The van der Waals surface area contributed by atoms with E-state index in [0.29, 0.717) is 31.0 Å². The first-order chi connectivity index (χ1) is 15.1. The van der Waals surface area contributed by atoms with E-state index in [1.807, 2.05) is 24.3 Å². The molecule has 2 fully saturated rings. The molecule has 0 unspecified atom stereocenters. The lowest BCUT2D eigenvalue weighted by molar-refractivity contribution is -0.120. The number of benzene rings is 1. The highest BCUT2D eigenvalue weighted by atomic mass is 16.5. The fourth-order valence-corrected chi connectivity index (χ4v) is 4.21. The molecule has 0 aliphatic carbocycles. The number of piperazine rings is 1. The molecule has 7 nitrogen and oxygen atoms in total. The van der Waals surface area contributed by atoms with Gasteiger partial charge in [0.2, 0.25) is 5.91 Å². The maximum absolute atomic E-state index is 12.8. The Morgan fingerprint density at radius 1 is 1.06 bits per heavy atom. The highest BCUT2D eigenvalue weighted by Crippen LogP contribution is 2.22. The van der Waals surface area contributed by atoms with Gasteiger partial charge in [0, 0.05) is 37.2 Å². The van der Waals surface area contributed by atoms with Crippen molar-refractivity contribution in [2.45, 2.75) is 26.2 Å². The molecule has 2 aliphatic heterocycles. The Balaban J connectivity index is 1.27. The number of nitrogens with zero attached hydrogens (tertiary/aromatic N) is 4. The standard InChI is InChI=1S/C24H30N4O3/c1-19-22(6-4-11-25-19)24(30)27-15-16-28(23(29)18-27)20-7-9-21(10-8-20)31-17-5-14-26-12-2-3-13-26/h4,6-11H,2-3,5,12-18H2,1H3. The van der Waals surface area contributed by atoms with Crippen LogP contribution in [0.2, 0.25) is 0 Å². The molecule has 2 aliphatic rings. The normalized spacial score (nSPS) is 17.3. The average molecular weight is 423 g/mol. The summed E-state index contributed by atoms with van der Waals surface area (Å²) >= 11 is 0. The molecule has 1 aromatic carbocycles. The Labute approximate surface area is 183 Å². The summed E-state index contributed by atoms with van der Waals surface area (Å²) < 4.78 is 5.85. The van der Waals surface area contributed by atoms with Gasteiger partial charge >= 0.3 is 0 Å². The van der Waals surface area contributed by atoms with Gasteiger partial charge in [-0.2, -0.15) is 0 Å². The molecule has 0 N–H and O–H groups in total. The third-order valence-corrected chi connectivity index (χ3v) is 5.98. The van der Waals surface area contributed by atoms with Crippen LogP contribution >= 0.6 is 0 Å². The maximum Gasteiger partial charge on any atom is 0.256 e. The number of carbonyl (C=O) groups excluding carboxylic acids is 2. The van der Waals surface area contributed by atoms with Crippen LogP contribution in [0.4, 0.5) is 5.69 Å². The van der Waals surface area contributed by atoms with Gasteiger partial charge < -0.3 is 19.4 Å². The lowest BCUT2D eigenvalue weighted by Crippen LogP contribution is -2.52. The molecule has 2 aromatic rings. The molecule has 0 bridgehead atoms. The number of ether oxygens (including phenoxy) is 1. The first-order valence-corrected chi connectivity index (χ1v) is 11.1. The van der Waals surface area contributed by atoms with Crippen molar-refractivity contribution in [2.75, 3.05) is 50.8 Å². The molecule has 3 heterocycles. The van der Waals surface area contributed by atoms with Crippen LogP contribution < -0.4 is 9.64 Å². The van der Waals surface area contributed by atoms with Crippen LogP contribution in [0.5, 0.6) is 5.75 Å². The van der Waals surface area contributed by atoms with Gasteiger partial charge in [0.1, 0.15) is 12.3 Å². The van der Waals surface area contributed by atoms with Crippen molar-refractivity contribution in [2.24, 2.45) is 0 Å². The van der Waals surface area contributed by atoms with Gasteiger partial charge in [-0.1, -0.05) is 0 Å². The zero-order valence-electron chi connectivity index (χ0n) is 18.1. The van der Waals surface area contributed by atoms with Gasteiger partial charge in [-0.3, -0.25) is 14.6 Å². The van der Waals surface area contributed by atoms with Crippen molar-refractivity contribution in [1.29, 1.82) is 0 Å². The largest absolute Gasteiger partial charge is 0.494 e. The molecule has 0 saturated carbocycles. The molecule has 0 radical (unpaired) electrons. The topological polar surface area (TPSA) is 66.0 Å². The summed E-state index contributed by atoms with van der Waals surface area (Å²) in [6.07, 6.45) is 5.31. The monoisotopic (exact) mass is 422 g/mol. The fraction of sp³-hybridized carbons (Fsp3) is 0.458. The Morgan fingerprint density at radius 3 is 2.55 bits per heavy atom. The molecule has 2 amide bonds. The summed E-state index contributed by atoms with van der Waals surface area (Å²) in [5.41, 5.74) is 2.06. The second kappa shape index (κ2) is 9.92. The highest BCUT2D eigenvalue weighted by molar-refractivity contribution is 6.02.